The van der Waals surface area contributed by atoms with Crippen molar-refractivity contribution in [2.75, 3.05) is 46.8 Å². The fourth-order valence-electron chi connectivity index (χ4n) is 0.861. The third kappa shape index (κ3) is 31.3. The van der Waals surface area contributed by atoms with Crippen molar-refractivity contribution in [2.45, 2.75) is 47.5 Å². The molecule has 0 unspecified atom stereocenters. The van der Waals surface area contributed by atoms with Gasteiger partial charge in [-0.05, 0) is 20.6 Å². The Morgan fingerprint density at radius 3 is 1.76 bits per heavy atom. The SMILES string of the molecule is CC.CCCC.CCNCCN(C)CCNC.[HH].[HH]. The summed E-state index contributed by atoms with van der Waals surface area (Å²) in [6.45, 7) is 16.0. The number of likely N-dealkylation sites (N-methyl/N-ethyl adjacent to an activating group) is 3. The van der Waals surface area contributed by atoms with Crippen molar-refractivity contribution < 1.29 is 2.85 Å². The van der Waals surface area contributed by atoms with Crippen LogP contribution in [0.1, 0.15) is 50.3 Å². The molecule has 0 amide bonds. The Morgan fingerprint density at radius 2 is 1.41 bits per heavy atom. The van der Waals surface area contributed by atoms with E-state index in [1.165, 1.54) is 12.8 Å². The van der Waals surface area contributed by atoms with Gasteiger partial charge in [0.1, 0.15) is 0 Å². The van der Waals surface area contributed by atoms with Gasteiger partial charge in [0.15, 0.2) is 0 Å². The van der Waals surface area contributed by atoms with E-state index < -0.39 is 0 Å². The van der Waals surface area contributed by atoms with E-state index in [9.17, 15) is 0 Å². The Labute approximate surface area is 113 Å². The van der Waals surface area contributed by atoms with E-state index in [1.807, 2.05) is 20.9 Å². The van der Waals surface area contributed by atoms with Crippen molar-refractivity contribution in [2.24, 2.45) is 0 Å². The number of unbranched alkanes of at least 4 members (excludes halogenated alkanes) is 1. The highest BCUT2D eigenvalue weighted by molar-refractivity contribution is 4.54. The summed E-state index contributed by atoms with van der Waals surface area (Å²) in [5, 5.41) is 6.42. The predicted molar refractivity (Wildman–Crippen MR) is 86.1 cm³/mol. The van der Waals surface area contributed by atoms with Gasteiger partial charge in [0, 0.05) is 29.0 Å². The molecule has 0 aliphatic rings. The van der Waals surface area contributed by atoms with Crippen molar-refractivity contribution in [1.29, 1.82) is 0 Å². The fraction of sp³-hybridized carbons (Fsp3) is 1.00. The molecule has 0 atom stereocenters. The normalized spacial score (nSPS) is 9.18. The minimum absolute atomic E-state index is 0. The Balaban J connectivity index is -0.0000000704. The minimum Gasteiger partial charge on any atom is -0.318 e. The summed E-state index contributed by atoms with van der Waals surface area (Å²) in [5.74, 6) is 0. The van der Waals surface area contributed by atoms with Crippen molar-refractivity contribution >= 4 is 0 Å². The lowest BCUT2D eigenvalue weighted by Crippen LogP contribution is -2.33. The van der Waals surface area contributed by atoms with Crippen molar-refractivity contribution in [3.8, 4) is 0 Å². The highest BCUT2D eigenvalue weighted by Crippen LogP contribution is 1.77. The van der Waals surface area contributed by atoms with Gasteiger partial charge in [-0.3, -0.25) is 0 Å². The maximum atomic E-state index is 3.29. The van der Waals surface area contributed by atoms with Gasteiger partial charge in [0.25, 0.3) is 0 Å². The van der Waals surface area contributed by atoms with E-state index in [0.717, 1.165) is 32.7 Å². The molecule has 0 spiro atoms. The van der Waals surface area contributed by atoms with Crippen LogP contribution in [0.25, 0.3) is 0 Å². The fourth-order valence-corrected chi connectivity index (χ4v) is 0.861. The standard InChI is InChI=1S/C8H21N3.C4H10.C2H6.2H2/c1-4-10-6-8-11(3)7-5-9-2;1-3-4-2;1-2;;/h9-10H,4-8H2,1-3H3;3-4H2,1-2H3;1-2H3;2*1H. The average molecular weight is 252 g/mol. The molecule has 17 heavy (non-hydrogen) atoms. The highest BCUT2D eigenvalue weighted by Gasteiger charge is 1.94. The molecule has 0 aliphatic heterocycles. The van der Waals surface area contributed by atoms with Crippen LogP contribution in [0.3, 0.4) is 0 Å². The molecule has 0 saturated heterocycles. The lowest BCUT2D eigenvalue weighted by atomic mass is 10.4. The number of nitrogens with one attached hydrogen (secondary N) is 2. The van der Waals surface area contributed by atoms with E-state index in [0.29, 0.717) is 0 Å². The molecule has 0 fully saturated rings. The zero-order chi connectivity index (χ0) is 13.9. The maximum absolute atomic E-state index is 3.29. The molecule has 0 heterocycles. The van der Waals surface area contributed by atoms with E-state index >= 15 is 0 Å². The second-order valence-electron chi connectivity index (χ2n) is 3.76. The first kappa shape index (κ1) is 22.1. The monoisotopic (exact) mass is 251 g/mol. The molecule has 0 radical (unpaired) electrons. The van der Waals surface area contributed by atoms with Crippen LogP contribution in [0.4, 0.5) is 0 Å². The first-order chi connectivity index (χ1) is 8.22. The quantitative estimate of drug-likeness (QED) is 0.649. The zero-order valence-corrected chi connectivity index (χ0v) is 13.4. The molecule has 0 aromatic heterocycles. The summed E-state index contributed by atoms with van der Waals surface area (Å²) < 4.78 is 0. The Bertz CT molecular complexity index is 105. The Kier molecular flexibility index (Phi) is 32.4. The van der Waals surface area contributed by atoms with E-state index in [-0.39, 0.29) is 2.85 Å². The number of hydrogen-bond acceptors (Lipinski definition) is 3. The highest BCUT2D eigenvalue weighted by atomic mass is 15.1. The van der Waals surface area contributed by atoms with E-state index in [1.54, 1.807) is 0 Å². The van der Waals surface area contributed by atoms with Crippen LogP contribution in [-0.4, -0.2) is 51.7 Å². The van der Waals surface area contributed by atoms with Crippen LogP contribution in [0.5, 0.6) is 0 Å². The summed E-state index contributed by atoms with van der Waals surface area (Å²) in [5.41, 5.74) is 0. The van der Waals surface area contributed by atoms with Gasteiger partial charge in [0.05, 0.1) is 0 Å². The van der Waals surface area contributed by atoms with Crippen LogP contribution < -0.4 is 10.6 Å². The third-order valence-electron chi connectivity index (χ3n) is 2.16. The molecule has 0 rings (SSSR count). The average Bonchev–Trinajstić information content (AvgIpc) is 2.39. The Hall–Kier alpha value is -0.120. The number of rotatable bonds is 8. The molecular weight excluding hydrogens is 210 g/mol. The van der Waals surface area contributed by atoms with Gasteiger partial charge in [-0.25, -0.2) is 0 Å². The molecule has 3 nitrogen and oxygen atoms in total. The molecule has 112 valence electrons. The van der Waals surface area contributed by atoms with Crippen molar-refractivity contribution in [3.63, 3.8) is 0 Å². The van der Waals surface area contributed by atoms with E-state index in [4.69, 9.17) is 0 Å². The summed E-state index contributed by atoms with van der Waals surface area (Å²) in [6, 6.07) is 0. The maximum Gasteiger partial charge on any atom is 0.0104 e. The smallest absolute Gasteiger partial charge is 0.0104 e. The molecule has 3 heteroatoms. The van der Waals surface area contributed by atoms with Crippen LogP contribution in [0.15, 0.2) is 0 Å². The third-order valence-corrected chi connectivity index (χ3v) is 2.16. The molecular formula is C14H41N3. The zero-order valence-electron chi connectivity index (χ0n) is 13.4. The summed E-state index contributed by atoms with van der Waals surface area (Å²) in [7, 11) is 4.13. The minimum atomic E-state index is 0. The van der Waals surface area contributed by atoms with Gasteiger partial charge in [-0.1, -0.05) is 47.5 Å². The van der Waals surface area contributed by atoms with Crippen molar-refractivity contribution in [1.82, 2.24) is 15.5 Å². The lowest BCUT2D eigenvalue weighted by Gasteiger charge is -2.15. The van der Waals surface area contributed by atoms with Crippen LogP contribution in [0, 0.1) is 0 Å². The largest absolute Gasteiger partial charge is 0.318 e. The van der Waals surface area contributed by atoms with E-state index in [2.05, 4.69) is 43.4 Å². The molecule has 0 aromatic carbocycles. The first-order valence-electron chi connectivity index (χ1n) is 7.26. The van der Waals surface area contributed by atoms with Gasteiger partial charge < -0.3 is 15.5 Å². The summed E-state index contributed by atoms with van der Waals surface area (Å²) in [4.78, 5) is 2.32. The molecule has 2 N–H and O–H groups in total. The predicted octanol–water partition coefficient (Wildman–Crippen LogP) is 3.07. The molecule has 0 aliphatic carbocycles. The topological polar surface area (TPSA) is 27.3 Å². The van der Waals surface area contributed by atoms with Crippen LogP contribution in [0.2, 0.25) is 0 Å². The van der Waals surface area contributed by atoms with Crippen LogP contribution in [-0.2, 0) is 0 Å². The van der Waals surface area contributed by atoms with Crippen molar-refractivity contribution in [3.05, 3.63) is 0 Å². The second-order valence-corrected chi connectivity index (χ2v) is 3.76. The molecule has 0 bridgehead atoms. The van der Waals surface area contributed by atoms with Crippen LogP contribution >= 0.6 is 0 Å². The number of hydrogen-bond donors (Lipinski definition) is 2. The van der Waals surface area contributed by atoms with Gasteiger partial charge in [-0.2, -0.15) is 0 Å². The van der Waals surface area contributed by atoms with Gasteiger partial charge >= 0.3 is 0 Å². The summed E-state index contributed by atoms with van der Waals surface area (Å²) >= 11 is 0. The number of nitrogens with zero attached hydrogens (tertiary/aromatic N) is 1. The molecule has 0 aromatic rings. The lowest BCUT2D eigenvalue weighted by molar-refractivity contribution is 0.334. The molecule has 0 saturated carbocycles. The van der Waals surface area contributed by atoms with Gasteiger partial charge in [0.2, 0.25) is 0 Å². The Morgan fingerprint density at radius 1 is 0.941 bits per heavy atom. The summed E-state index contributed by atoms with van der Waals surface area (Å²) in [6.07, 6.45) is 2.64. The van der Waals surface area contributed by atoms with Gasteiger partial charge in [-0.15, -0.1) is 0 Å². The second kappa shape index (κ2) is 24.9. The first-order valence-corrected chi connectivity index (χ1v) is 7.26.